The predicted octanol–water partition coefficient (Wildman–Crippen LogP) is 3.59. The van der Waals surface area contributed by atoms with E-state index in [1.165, 1.54) is 17.8 Å². The molecule has 0 saturated carbocycles. The smallest absolute Gasteiger partial charge is 0.256 e. The lowest BCUT2D eigenvalue weighted by Gasteiger charge is -2.32. The predicted molar refractivity (Wildman–Crippen MR) is 157 cm³/mol. The molecule has 1 aliphatic rings. The number of carbonyl (C=O) groups excluding carboxylic acids is 2. The third kappa shape index (κ3) is 11.6. The fourth-order valence-electron chi connectivity index (χ4n) is 3.73. The van der Waals surface area contributed by atoms with Gasteiger partial charge in [0, 0.05) is 60.7 Å². The second-order valence-electron chi connectivity index (χ2n) is 8.65. The summed E-state index contributed by atoms with van der Waals surface area (Å²) < 4.78 is 25.9. The van der Waals surface area contributed by atoms with E-state index in [-0.39, 0.29) is 22.8 Å². The summed E-state index contributed by atoms with van der Waals surface area (Å²) in [5, 5.41) is 2.73. The second-order valence-corrected chi connectivity index (χ2v) is 9.73. The van der Waals surface area contributed by atoms with Crippen molar-refractivity contribution in [1.29, 1.82) is 0 Å². The molecule has 6 N–H and O–H groups in total. The molecule has 1 aliphatic heterocycles. The highest BCUT2D eigenvalue weighted by molar-refractivity contribution is 7.99. The van der Waals surface area contributed by atoms with Gasteiger partial charge in [0.15, 0.2) is 0 Å². The minimum Gasteiger partial charge on any atom is -0.412 e. The number of aryl methyl sites for hydroxylation is 1. The van der Waals surface area contributed by atoms with Crippen LogP contribution >= 0.6 is 11.8 Å². The zero-order chi connectivity index (χ0) is 27.4. The summed E-state index contributed by atoms with van der Waals surface area (Å²) in [4.78, 5) is 33.3. The molecular weight excluding hydrogens is 526 g/mol. The van der Waals surface area contributed by atoms with Gasteiger partial charge >= 0.3 is 0 Å². The Kier molecular flexibility index (Phi) is 16.6. The van der Waals surface area contributed by atoms with Gasteiger partial charge in [0.2, 0.25) is 0 Å². The average molecular weight is 567 g/mol. The van der Waals surface area contributed by atoms with Gasteiger partial charge in [-0.3, -0.25) is 9.59 Å². The summed E-state index contributed by atoms with van der Waals surface area (Å²) in [6, 6.07) is 0. The lowest BCUT2D eigenvalue weighted by Crippen LogP contribution is -2.47. The normalized spacial score (nSPS) is 15.1. The van der Waals surface area contributed by atoms with Crippen LogP contribution in [0.25, 0.3) is 6.08 Å². The number of rotatable bonds is 11. The van der Waals surface area contributed by atoms with Crippen molar-refractivity contribution in [3.63, 3.8) is 0 Å². The number of carbonyl (C=O) groups is 2. The standard InChI is InChI=1S/C28H36F2N4O2S.2H2O/c1-6-11-31-27(35)23(9-7-16-37-17-8-10-24(30)18-20(2)29)19-25-21(3)26(22(4)32-25)28(36)34-14-12-33(5)13-15-34;;/h6-11,18-19,32H,2,12-17H2,1,3-5H3,(H,31,35);2*1H2/b9-7+,10-8+,11-6+,23-19-,24-18+;;. The summed E-state index contributed by atoms with van der Waals surface area (Å²) in [6.45, 7) is 11.6. The highest BCUT2D eigenvalue weighted by atomic mass is 32.2. The van der Waals surface area contributed by atoms with Crippen LogP contribution in [0.4, 0.5) is 8.78 Å². The first-order chi connectivity index (χ1) is 17.6. The number of likely N-dealkylation sites (N-methyl/N-ethyl adjacent to an activating group) is 1. The summed E-state index contributed by atoms with van der Waals surface area (Å²) in [6.07, 6.45) is 12.1. The summed E-state index contributed by atoms with van der Waals surface area (Å²) in [5.41, 5.74) is 3.35. The fourth-order valence-corrected chi connectivity index (χ4v) is 4.33. The molecule has 11 heteroatoms. The number of nitrogens with one attached hydrogen (secondary N) is 2. The minimum absolute atomic E-state index is 0. The highest BCUT2D eigenvalue weighted by Gasteiger charge is 2.25. The molecule has 0 atom stereocenters. The summed E-state index contributed by atoms with van der Waals surface area (Å²) >= 11 is 1.50. The van der Waals surface area contributed by atoms with E-state index in [0.29, 0.717) is 41.4 Å². The Labute approximate surface area is 233 Å². The Morgan fingerprint density at radius 3 is 2.28 bits per heavy atom. The van der Waals surface area contributed by atoms with Gasteiger partial charge in [-0.05, 0) is 51.7 Å². The maximum atomic E-state index is 13.3. The number of hydrogen-bond donors (Lipinski definition) is 2. The number of amides is 2. The van der Waals surface area contributed by atoms with Crippen LogP contribution in [0, 0.1) is 13.8 Å². The largest absolute Gasteiger partial charge is 0.412 e. The number of allylic oxidation sites excluding steroid dienone is 5. The third-order valence-electron chi connectivity index (χ3n) is 5.72. The summed E-state index contributed by atoms with van der Waals surface area (Å²) in [7, 11) is 2.05. The van der Waals surface area contributed by atoms with Gasteiger partial charge in [-0.15, -0.1) is 0 Å². The molecule has 2 rings (SSSR count). The maximum absolute atomic E-state index is 13.3. The topological polar surface area (TPSA) is 131 Å². The number of piperazine rings is 1. The number of H-pyrrole nitrogens is 1. The number of hydrogen-bond acceptors (Lipinski definition) is 4. The van der Waals surface area contributed by atoms with E-state index >= 15 is 0 Å². The molecule has 0 aliphatic carbocycles. The molecule has 2 heterocycles. The first kappa shape index (κ1) is 35.8. The van der Waals surface area contributed by atoms with Gasteiger partial charge in [-0.2, -0.15) is 11.8 Å². The molecule has 1 saturated heterocycles. The number of halogens is 2. The van der Waals surface area contributed by atoms with Crippen molar-refractivity contribution >= 4 is 29.7 Å². The summed E-state index contributed by atoms with van der Waals surface area (Å²) in [5.74, 6) is -0.720. The van der Waals surface area contributed by atoms with Crippen LogP contribution in [0.1, 0.15) is 34.2 Å². The molecule has 0 bridgehead atoms. The number of aromatic amines is 1. The van der Waals surface area contributed by atoms with Crippen LogP contribution in [0.15, 0.2) is 66.5 Å². The van der Waals surface area contributed by atoms with Gasteiger partial charge in [0.05, 0.1) is 5.56 Å². The Balaban J connectivity index is 0.00000722. The van der Waals surface area contributed by atoms with Crippen LogP contribution in [-0.4, -0.2) is 82.3 Å². The third-order valence-corrected chi connectivity index (χ3v) is 6.58. The minimum atomic E-state index is -0.837. The molecule has 0 unspecified atom stereocenters. The van der Waals surface area contributed by atoms with Crippen LogP contribution in [0.3, 0.4) is 0 Å². The Bertz CT molecular complexity index is 1130. The van der Waals surface area contributed by atoms with Crippen molar-refractivity contribution in [2.24, 2.45) is 0 Å². The van der Waals surface area contributed by atoms with Gasteiger partial charge < -0.3 is 31.1 Å². The van der Waals surface area contributed by atoms with E-state index in [1.807, 2.05) is 31.9 Å². The number of aromatic nitrogens is 1. The van der Waals surface area contributed by atoms with Crippen molar-refractivity contribution in [3.8, 4) is 0 Å². The molecule has 0 spiro atoms. The van der Waals surface area contributed by atoms with Crippen molar-refractivity contribution in [1.82, 2.24) is 20.1 Å². The first-order valence-corrected chi connectivity index (χ1v) is 13.2. The Morgan fingerprint density at radius 1 is 1.08 bits per heavy atom. The zero-order valence-corrected chi connectivity index (χ0v) is 23.8. The quantitative estimate of drug-likeness (QED) is 0.241. The highest BCUT2D eigenvalue weighted by Crippen LogP contribution is 2.23. The van der Waals surface area contributed by atoms with Crippen LogP contribution in [0.5, 0.6) is 0 Å². The fraction of sp³-hybridized carbons (Fsp3) is 0.357. The van der Waals surface area contributed by atoms with E-state index < -0.39 is 11.7 Å². The second kappa shape index (κ2) is 18.1. The van der Waals surface area contributed by atoms with Crippen LogP contribution in [-0.2, 0) is 4.79 Å². The van der Waals surface area contributed by atoms with Crippen molar-refractivity contribution in [2.75, 3.05) is 44.7 Å². The monoisotopic (exact) mass is 566 g/mol. The molecule has 8 nitrogen and oxygen atoms in total. The van der Waals surface area contributed by atoms with E-state index in [2.05, 4.69) is 21.8 Å². The van der Waals surface area contributed by atoms with Crippen molar-refractivity contribution in [3.05, 3.63) is 89.0 Å². The van der Waals surface area contributed by atoms with E-state index in [1.54, 1.807) is 37.4 Å². The zero-order valence-electron chi connectivity index (χ0n) is 22.9. The van der Waals surface area contributed by atoms with Gasteiger partial charge in [-0.1, -0.05) is 30.9 Å². The molecule has 1 aromatic rings. The average Bonchev–Trinajstić information content (AvgIpc) is 3.13. The lowest BCUT2D eigenvalue weighted by atomic mass is 10.1. The van der Waals surface area contributed by atoms with Crippen LogP contribution < -0.4 is 5.32 Å². The van der Waals surface area contributed by atoms with Gasteiger partial charge in [-0.25, -0.2) is 8.78 Å². The molecule has 1 aromatic heterocycles. The molecule has 216 valence electrons. The van der Waals surface area contributed by atoms with Crippen molar-refractivity contribution in [2.45, 2.75) is 20.8 Å². The molecule has 1 fully saturated rings. The Morgan fingerprint density at radius 2 is 1.69 bits per heavy atom. The Hall–Kier alpha value is -3.25. The molecular formula is C28H40F2N4O4S. The van der Waals surface area contributed by atoms with E-state index in [4.69, 9.17) is 0 Å². The van der Waals surface area contributed by atoms with E-state index in [0.717, 1.165) is 30.4 Å². The lowest BCUT2D eigenvalue weighted by molar-refractivity contribution is -0.116. The first-order valence-electron chi connectivity index (χ1n) is 12.1. The molecule has 0 radical (unpaired) electrons. The SMILES string of the molecule is C=C(F)/C=C(F)\C=C\CSC/C=C/C(=C/c1[nH]c(C)c(C(=O)N2CCN(C)CC2)c1C)C(=O)N/C=C/C.O.O. The number of thioether (sulfide) groups is 1. The maximum Gasteiger partial charge on any atom is 0.256 e. The molecule has 39 heavy (non-hydrogen) atoms. The molecule has 2 amide bonds. The van der Waals surface area contributed by atoms with Gasteiger partial charge in [0.1, 0.15) is 11.7 Å². The van der Waals surface area contributed by atoms with Gasteiger partial charge in [0.25, 0.3) is 11.8 Å². The molecule has 0 aromatic carbocycles. The van der Waals surface area contributed by atoms with E-state index in [9.17, 15) is 18.4 Å². The number of nitrogens with zero attached hydrogens (tertiary/aromatic N) is 2. The van der Waals surface area contributed by atoms with Crippen LogP contribution in [0.2, 0.25) is 0 Å². The van der Waals surface area contributed by atoms with Crippen molar-refractivity contribution < 1.29 is 29.3 Å².